The van der Waals surface area contributed by atoms with Crippen LogP contribution in [0.1, 0.15) is 55.5 Å². The predicted octanol–water partition coefficient (Wildman–Crippen LogP) is 15.2. The van der Waals surface area contributed by atoms with Crippen LogP contribution < -0.4 is 0 Å². The van der Waals surface area contributed by atoms with Crippen molar-refractivity contribution in [3.63, 3.8) is 0 Å². The first kappa shape index (κ1) is 34.9. The number of nitrogens with zero attached hydrogens (tertiary/aromatic N) is 4. The van der Waals surface area contributed by atoms with Gasteiger partial charge in [-0.05, 0) is 115 Å². The van der Waals surface area contributed by atoms with Gasteiger partial charge < -0.3 is 9.13 Å². The van der Waals surface area contributed by atoms with Crippen LogP contribution in [-0.4, -0.2) is 9.13 Å². The molecule has 13 rings (SSSR count). The Balaban J connectivity index is 1.13. The van der Waals surface area contributed by atoms with E-state index in [0.29, 0.717) is 22.6 Å². The highest BCUT2D eigenvalue weighted by molar-refractivity contribution is 6.24. The highest BCUT2D eigenvalue weighted by Gasteiger charge is 2.38. The topological polar surface area (TPSA) is 38.0 Å². The summed E-state index contributed by atoms with van der Waals surface area (Å²) in [6.07, 6.45) is 0. The van der Waals surface area contributed by atoms with E-state index >= 15 is 0 Å². The molecule has 2 aliphatic carbocycles. The van der Waals surface area contributed by atoms with Crippen molar-refractivity contribution in [2.45, 2.75) is 38.5 Å². The Hall–Kier alpha value is -7.92. The summed E-state index contributed by atoms with van der Waals surface area (Å²) in [5.74, 6) is 0. The lowest BCUT2D eigenvalue weighted by Crippen LogP contribution is -2.15. The number of rotatable bonds is 2. The van der Waals surface area contributed by atoms with Crippen molar-refractivity contribution in [2.24, 2.45) is 0 Å². The quantitative estimate of drug-likeness (QED) is 0.161. The predicted molar refractivity (Wildman–Crippen MR) is 256 cm³/mol. The van der Waals surface area contributed by atoms with Crippen LogP contribution in [0.4, 0.5) is 5.69 Å². The molecule has 4 heteroatoms. The van der Waals surface area contributed by atoms with E-state index in [1.165, 1.54) is 44.5 Å². The first-order valence-electron chi connectivity index (χ1n) is 21.4. The van der Waals surface area contributed by atoms with Gasteiger partial charge in [0.25, 0.3) is 0 Å². The fourth-order valence-corrected chi connectivity index (χ4v) is 11.6. The molecule has 11 aromatic rings. The first-order valence-corrected chi connectivity index (χ1v) is 21.4. The molecule has 0 saturated carbocycles. The maximum absolute atomic E-state index is 11.3. The van der Waals surface area contributed by atoms with E-state index in [0.717, 1.165) is 65.2 Å². The van der Waals surface area contributed by atoms with Gasteiger partial charge in [-0.3, -0.25) is 0 Å². The molecule has 62 heavy (non-hydrogen) atoms. The summed E-state index contributed by atoms with van der Waals surface area (Å²) in [7, 11) is 0. The van der Waals surface area contributed by atoms with Crippen LogP contribution in [0, 0.1) is 17.9 Å². The molecule has 0 fully saturated rings. The van der Waals surface area contributed by atoms with Gasteiger partial charge in [0.2, 0.25) is 5.69 Å². The third-order valence-electron chi connectivity index (χ3n) is 14.5. The molecular weight excluding hydrogens is 753 g/mol. The van der Waals surface area contributed by atoms with Crippen LogP contribution in [0.25, 0.3) is 104 Å². The van der Waals surface area contributed by atoms with Crippen LogP contribution in [0.15, 0.2) is 158 Å². The molecule has 0 aliphatic heterocycles. The Kier molecular flexibility index (Phi) is 6.69. The molecule has 290 valence electrons. The largest absolute Gasteiger partial charge is 0.319 e. The third kappa shape index (κ3) is 4.28. The molecule has 4 nitrogen and oxygen atoms in total. The van der Waals surface area contributed by atoms with Crippen molar-refractivity contribution in [2.75, 3.05) is 0 Å². The molecule has 2 aromatic heterocycles. The van der Waals surface area contributed by atoms with Crippen molar-refractivity contribution in [1.82, 2.24) is 9.13 Å². The zero-order chi connectivity index (χ0) is 41.8. The molecule has 0 amide bonds. The smallest absolute Gasteiger partial charge is 0.212 e. The lowest BCUT2D eigenvalue weighted by Gasteiger charge is -2.22. The van der Waals surface area contributed by atoms with E-state index in [-0.39, 0.29) is 10.8 Å². The van der Waals surface area contributed by atoms with E-state index < -0.39 is 0 Å². The minimum atomic E-state index is -0.218. The van der Waals surface area contributed by atoms with Crippen LogP contribution in [-0.2, 0) is 10.8 Å². The van der Waals surface area contributed by atoms with E-state index in [1.54, 1.807) is 0 Å². The zero-order valence-electron chi connectivity index (χ0n) is 34.8. The van der Waals surface area contributed by atoms with Crippen molar-refractivity contribution in [3.8, 4) is 39.7 Å². The molecule has 0 spiro atoms. The standard InChI is InChI=1S/C58H38N4/c1-57(2)44-20-12-10-18-38(44)40-27-42-52(29-46(40)57)61(49-24-22-33-14-6-8-16-36(33)55(42)49)51-31-48(60-5)54(26-35(51)32-59)62-50-25-23-34-15-7-9-17-37(34)56(50)43-28-41-39-19-11-13-21-45(39)58(3,4)47(41)30-53(43)62/h6-31H,1-4H3. The minimum Gasteiger partial charge on any atom is -0.319 e. The molecule has 9 aromatic carbocycles. The monoisotopic (exact) mass is 790 g/mol. The van der Waals surface area contributed by atoms with E-state index in [9.17, 15) is 5.26 Å². The average Bonchev–Trinajstić information content (AvgIpc) is 3.96. The number of aromatic nitrogens is 2. The van der Waals surface area contributed by atoms with Gasteiger partial charge in [0.05, 0.1) is 45.6 Å². The Bertz CT molecular complexity index is 3690. The lowest BCUT2D eigenvalue weighted by molar-refractivity contribution is 0.661. The summed E-state index contributed by atoms with van der Waals surface area (Å²) >= 11 is 0. The van der Waals surface area contributed by atoms with Gasteiger partial charge in [0, 0.05) is 32.4 Å². The number of nitriles is 1. The number of benzene rings is 9. The minimum absolute atomic E-state index is 0.218. The van der Waals surface area contributed by atoms with Gasteiger partial charge in [-0.25, -0.2) is 4.85 Å². The normalized spacial score (nSPS) is 14.4. The second-order valence-corrected chi connectivity index (χ2v) is 18.3. The Morgan fingerprint density at radius 3 is 1.42 bits per heavy atom. The van der Waals surface area contributed by atoms with E-state index in [4.69, 9.17) is 6.57 Å². The number of fused-ring (bicyclic) bond motifs is 16. The van der Waals surface area contributed by atoms with Crippen LogP contribution in [0.5, 0.6) is 0 Å². The summed E-state index contributed by atoms with van der Waals surface area (Å²) in [6, 6.07) is 59.4. The Morgan fingerprint density at radius 2 is 0.919 bits per heavy atom. The summed E-state index contributed by atoms with van der Waals surface area (Å²) < 4.78 is 4.50. The Morgan fingerprint density at radius 1 is 0.452 bits per heavy atom. The molecule has 2 heterocycles. The molecular formula is C58H38N4. The van der Waals surface area contributed by atoms with Gasteiger partial charge in [-0.1, -0.05) is 137 Å². The molecule has 0 bridgehead atoms. The van der Waals surface area contributed by atoms with E-state index in [1.807, 2.05) is 12.1 Å². The number of hydrogen-bond donors (Lipinski definition) is 0. The molecule has 0 saturated heterocycles. The summed E-state index contributed by atoms with van der Waals surface area (Å²) in [5, 5.41) is 20.5. The van der Waals surface area contributed by atoms with Gasteiger partial charge in [-0.2, -0.15) is 5.26 Å². The van der Waals surface area contributed by atoms with Crippen LogP contribution in [0.2, 0.25) is 0 Å². The first-order chi connectivity index (χ1) is 30.2. The second-order valence-electron chi connectivity index (χ2n) is 18.3. The molecule has 0 N–H and O–H groups in total. The average molecular weight is 791 g/mol. The maximum Gasteiger partial charge on any atom is 0.212 e. The van der Waals surface area contributed by atoms with Crippen LogP contribution >= 0.6 is 0 Å². The third-order valence-corrected chi connectivity index (χ3v) is 14.5. The van der Waals surface area contributed by atoms with Crippen molar-refractivity contribution >= 4 is 70.8 Å². The van der Waals surface area contributed by atoms with Crippen molar-refractivity contribution < 1.29 is 0 Å². The molecule has 0 atom stereocenters. The van der Waals surface area contributed by atoms with Gasteiger partial charge in [0.15, 0.2) is 0 Å². The molecule has 2 aliphatic rings. The van der Waals surface area contributed by atoms with Gasteiger partial charge in [-0.15, -0.1) is 0 Å². The summed E-state index contributed by atoms with van der Waals surface area (Å²) in [5.41, 5.74) is 16.2. The molecule has 0 unspecified atom stereocenters. The summed E-state index contributed by atoms with van der Waals surface area (Å²) in [4.78, 5) is 4.31. The van der Waals surface area contributed by atoms with Gasteiger partial charge >= 0.3 is 0 Å². The molecule has 0 radical (unpaired) electrons. The number of hydrogen-bond acceptors (Lipinski definition) is 1. The fourth-order valence-electron chi connectivity index (χ4n) is 11.6. The Labute approximate surface area is 358 Å². The summed E-state index contributed by atoms with van der Waals surface area (Å²) in [6.45, 7) is 18.1. The lowest BCUT2D eigenvalue weighted by atomic mass is 9.82. The van der Waals surface area contributed by atoms with Gasteiger partial charge in [0.1, 0.15) is 6.07 Å². The highest BCUT2D eigenvalue weighted by Crippen LogP contribution is 2.54. The van der Waals surface area contributed by atoms with Crippen molar-refractivity contribution in [1.29, 1.82) is 5.26 Å². The zero-order valence-corrected chi connectivity index (χ0v) is 34.8. The second kappa shape index (κ2) is 11.9. The maximum atomic E-state index is 11.3. The fraction of sp³-hybridized carbons (Fsp3) is 0.103. The SMILES string of the molecule is [C-]#[N+]c1cc(-n2c3cc4c(cc3c3c5ccccc5ccc32)-c2ccccc2C4(C)C)c(C#N)cc1-n1c2cc3c(cc2c2c4ccccc4ccc21)-c1ccccc1C3(C)C. The van der Waals surface area contributed by atoms with Crippen molar-refractivity contribution in [3.05, 3.63) is 197 Å². The van der Waals surface area contributed by atoms with E-state index in [2.05, 4.69) is 193 Å². The highest BCUT2D eigenvalue weighted by atomic mass is 15.0. The van der Waals surface area contributed by atoms with Crippen LogP contribution in [0.3, 0.4) is 0 Å².